The van der Waals surface area contributed by atoms with Crippen LogP contribution in [0, 0.1) is 5.92 Å². The van der Waals surface area contributed by atoms with Gasteiger partial charge in [0.25, 0.3) is 0 Å². The van der Waals surface area contributed by atoms with Crippen molar-refractivity contribution in [3.8, 4) is 0 Å². The van der Waals surface area contributed by atoms with Crippen LogP contribution in [0.3, 0.4) is 0 Å². The van der Waals surface area contributed by atoms with Crippen LogP contribution in [0.15, 0.2) is 0 Å². The minimum atomic E-state index is 0.309. The molecule has 1 nitrogen and oxygen atoms in total. The van der Waals surface area contributed by atoms with Crippen LogP contribution < -0.4 is 5.32 Å². The van der Waals surface area contributed by atoms with Crippen molar-refractivity contribution < 1.29 is 0 Å². The van der Waals surface area contributed by atoms with Gasteiger partial charge < -0.3 is 5.32 Å². The van der Waals surface area contributed by atoms with Crippen molar-refractivity contribution in [2.24, 2.45) is 5.92 Å². The molecule has 0 aromatic carbocycles. The van der Waals surface area contributed by atoms with Gasteiger partial charge in [-0.25, -0.2) is 0 Å². The lowest BCUT2D eigenvalue weighted by molar-refractivity contribution is 0.442. The van der Waals surface area contributed by atoms with E-state index in [2.05, 4.69) is 26.1 Å². The van der Waals surface area contributed by atoms with E-state index < -0.39 is 0 Å². The number of hydrogen-bond acceptors (Lipinski definition) is 1. The van der Waals surface area contributed by atoms with Crippen molar-refractivity contribution in [2.75, 3.05) is 13.1 Å². The molecule has 0 saturated carbocycles. The standard InChI is InChI=1S/C17H36ClN/c1-4-7-8-9-10-11-12-13-14-19-15-17(18)16(5-2)6-3/h16-17,19H,4-15H2,1-3H3. The minimum Gasteiger partial charge on any atom is -0.315 e. The first-order chi connectivity index (χ1) is 9.26. The molecule has 19 heavy (non-hydrogen) atoms. The fourth-order valence-corrected chi connectivity index (χ4v) is 3.06. The second-order valence-electron chi connectivity index (χ2n) is 5.77. The van der Waals surface area contributed by atoms with Gasteiger partial charge in [0.15, 0.2) is 0 Å². The van der Waals surface area contributed by atoms with E-state index in [4.69, 9.17) is 11.6 Å². The number of hydrogen-bond donors (Lipinski definition) is 1. The maximum atomic E-state index is 6.40. The molecule has 0 aromatic heterocycles. The van der Waals surface area contributed by atoms with Crippen LogP contribution in [0.1, 0.15) is 85.0 Å². The van der Waals surface area contributed by atoms with Crippen molar-refractivity contribution in [3.05, 3.63) is 0 Å². The molecule has 0 aliphatic heterocycles. The van der Waals surface area contributed by atoms with Gasteiger partial charge in [-0.3, -0.25) is 0 Å². The number of unbranched alkanes of at least 4 members (excludes halogenated alkanes) is 7. The summed E-state index contributed by atoms with van der Waals surface area (Å²) in [5.74, 6) is 0.674. The zero-order chi connectivity index (χ0) is 14.3. The number of halogens is 1. The first kappa shape index (κ1) is 19.2. The molecule has 0 aliphatic rings. The van der Waals surface area contributed by atoms with Gasteiger partial charge in [-0.15, -0.1) is 11.6 Å². The third kappa shape index (κ3) is 11.8. The van der Waals surface area contributed by atoms with Crippen LogP contribution in [-0.4, -0.2) is 18.5 Å². The average Bonchev–Trinajstić information content (AvgIpc) is 2.42. The Kier molecular flexibility index (Phi) is 14.8. The minimum absolute atomic E-state index is 0.309. The smallest absolute Gasteiger partial charge is 0.0488 e. The van der Waals surface area contributed by atoms with E-state index in [1.165, 1.54) is 64.2 Å². The molecule has 0 aliphatic carbocycles. The molecule has 1 atom stereocenters. The molecule has 116 valence electrons. The Morgan fingerprint density at radius 2 is 1.32 bits per heavy atom. The topological polar surface area (TPSA) is 12.0 Å². The molecule has 2 heteroatoms. The summed E-state index contributed by atoms with van der Waals surface area (Å²) < 4.78 is 0. The second kappa shape index (κ2) is 14.7. The Bertz CT molecular complexity index is 169. The summed E-state index contributed by atoms with van der Waals surface area (Å²) in [6, 6.07) is 0. The van der Waals surface area contributed by atoms with Gasteiger partial charge in [-0.2, -0.15) is 0 Å². The highest BCUT2D eigenvalue weighted by Gasteiger charge is 2.14. The van der Waals surface area contributed by atoms with Gasteiger partial charge in [0.2, 0.25) is 0 Å². The summed E-state index contributed by atoms with van der Waals surface area (Å²) in [6.45, 7) is 8.87. The molecule has 0 fully saturated rings. The molecule has 0 rings (SSSR count). The molecule has 1 N–H and O–H groups in total. The van der Waals surface area contributed by atoms with Crippen molar-refractivity contribution >= 4 is 11.6 Å². The summed E-state index contributed by atoms with van der Waals surface area (Å²) >= 11 is 6.40. The molecule has 0 heterocycles. The quantitative estimate of drug-likeness (QED) is 0.317. The maximum absolute atomic E-state index is 6.40. The van der Waals surface area contributed by atoms with Crippen molar-refractivity contribution in [2.45, 2.75) is 90.4 Å². The maximum Gasteiger partial charge on any atom is 0.0488 e. The van der Waals surface area contributed by atoms with Gasteiger partial charge in [-0.05, 0) is 18.9 Å². The van der Waals surface area contributed by atoms with Gasteiger partial charge in [0, 0.05) is 11.9 Å². The fraction of sp³-hybridized carbons (Fsp3) is 1.00. The summed E-state index contributed by atoms with van der Waals surface area (Å²) in [6.07, 6.45) is 13.5. The van der Waals surface area contributed by atoms with Gasteiger partial charge in [-0.1, -0.05) is 78.6 Å². The van der Waals surface area contributed by atoms with E-state index in [9.17, 15) is 0 Å². The van der Waals surface area contributed by atoms with E-state index >= 15 is 0 Å². The van der Waals surface area contributed by atoms with Gasteiger partial charge in [0.05, 0.1) is 0 Å². The molecule has 0 aromatic rings. The van der Waals surface area contributed by atoms with E-state index in [0.29, 0.717) is 11.3 Å². The second-order valence-corrected chi connectivity index (χ2v) is 6.33. The molecule has 0 amide bonds. The summed E-state index contributed by atoms with van der Waals surface area (Å²) in [5, 5.41) is 3.82. The van der Waals surface area contributed by atoms with E-state index in [-0.39, 0.29) is 0 Å². The lowest BCUT2D eigenvalue weighted by Crippen LogP contribution is -2.29. The summed E-state index contributed by atoms with van der Waals surface area (Å²) in [5.41, 5.74) is 0. The average molecular weight is 290 g/mol. The predicted molar refractivity (Wildman–Crippen MR) is 89.2 cm³/mol. The van der Waals surface area contributed by atoms with Crippen LogP contribution in [0.25, 0.3) is 0 Å². The fourth-order valence-electron chi connectivity index (χ4n) is 2.59. The van der Waals surface area contributed by atoms with Crippen LogP contribution >= 0.6 is 11.6 Å². The lowest BCUT2D eigenvalue weighted by atomic mass is 9.99. The Balaban J connectivity index is 3.22. The first-order valence-corrected chi connectivity index (χ1v) is 9.04. The molecule has 1 unspecified atom stereocenters. The Morgan fingerprint density at radius 3 is 1.84 bits per heavy atom. The molecule has 0 saturated heterocycles. The van der Waals surface area contributed by atoms with Crippen LogP contribution in [0.5, 0.6) is 0 Å². The Labute approximate surface area is 126 Å². The SMILES string of the molecule is CCCCCCCCCCNCC(Cl)C(CC)CC. The first-order valence-electron chi connectivity index (χ1n) is 8.60. The molecular weight excluding hydrogens is 254 g/mol. The van der Waals surface area contributed by atoms with Crippen LogP contribution in [-0.2, 0) is 0 Å². The largest absolute Gasteiger partial charge is 0.315 e. The van der Waals surface area contributed by atoms with Gasteiger partial charge >= 0.3 is 0 Å². The van der Waals surface area contributed by atoms with Crippen molar-refractivity contribution in [1.82, 2.24) is 5.32 Å². The summed E-state index contributed by atoms with van der Waals surface area (Å²) in [4.78, 5) is 0. The van der Waals surface area contributed by atoms with E-state index in [1.807, 2.05) is 0 Å². The van der Waals surface area contributed by atoms with Crippen molar-refractivity contribution in [3.63, 3.8) is 0 Å². The van der Waals surface area contributed by atoms with Crippen LogP contribution in [0.2, 0.25) is 0 Å². The zero-order valence-corrected chi connectivity index (χ0v) is 14.3. The number of alkyl halides is 1. The highest BCUT2D eigenvalue weighted by molar-refractivity contribution is 6.21. The number of nitrogens with one attached hydrogen (secondary N) is 1. The summed E-state index contributed by atoms with van der Waals surface area (Å²) in [7, 11) is 0. The third-order valence-electron chi connectivity index (χ3n) is 4.11. The van der Waals surface area contributed by atoms with Gasteiger partial charge in [0.1, 0.15) is 0 Å². The van der Waals surface area contributed by atoms with Crippen LogP contribution in [0.4, 0.5) is 0 Å². The monoisotopic (exact) mass is 289 g/mol. The normalized spacial score (nSPS) is 13.1. The Morgan fingerprint density at radius 1 is 0.789 bits per heavy atom. The molecular formula is C17H36ClN. The molecule has 0 bridgehead atoms. The van der Waals surface area contributed by atoms with E-state index in [0.717, 1.165) is 13.1 Å². The van der Waals surface area contributed by atoms with E-state index in [1.54, 1.807) is 0 Å². The molecule has 0 spiro atoms. The molecule has 0 radical (unpaired) electrons. The third-order valence-corrected chi connectivity index (χ3v) is 4.62. The highest BCUT2D eigenvalue weighted by Crippen LogP contribution is 2.17. The predicted octanol–water partition coefficient (Wildman–Crippen LogP) is 5.76. The zero-order valence-electron chi connectivity index (χ0n) is 13.5. The lowest BCUT2D eigenvalue weighted by Gasteiger charge is -2.19. The number of rotatable bonds is 14. The Hall–Kier alpha value is 0.250. The van der Waals surface area contributed by atoms with Crippen molar-refractivity contribution in [1.29, 1.82) is 0 Å². The highest BCUT2D eigenvalue weighted by atomic mass is 35.5.